The Balaban J connectivity index is 1.46. The van der Waals surface area contributed by atoms with Crippen LogP contribution in [0.5, 0.6) is 0 Å². The number of aryl methyl sites for hydroxylation is 1. The molecular weight excluding hydrogens is 374 g/mol. The van der Waals surface area contributed by atoms with Crippen molar-refractivity contribution in [3.63, 3.8) is 0 Å². The molecule has 2 saturated heterocycles. The van der Waals surface area contributed by atoms with E-state index in [4.69, 9.17) is 11.6 Å². The number of hydrogen-bond donors (Lipinski definition) is 0. The van der Waals surface area contributed by atoms with Crippen molar-refractivity contribution in [1.29, 1.82) is 0 Å². The average Bonchev–Trinajstić information content (AvgIpc) is 2.69. The fourth-order valence-corrected chi connectivity index (χ4v) is 4.05. The molecule has 1 aromatic rings. The normalized spacial score (nSPS) is 21.3. The monoisotopic (exact) mass is 403 g/mol. The molecule has 28 heavy (non-hydrogen) atoms. The first-order valence-electron chi connectivity index (χ1n) is 10.2. The van der Waals surface area contributed by atoms with Gasteiger partial charge in [0.05, 0.1) is 6.54 Å². The minimum absolute atomic E-state index is 0.00678. The lowest BCUT2D eigenvalue weighted by Crippen LogP contribution is -2.52. The van der Waals surface area contributed by atoms with Crippen LogP contribution < -0.4 is 0 Å². The Bertz CT molecular complexity index is 741. The van der Waals surface area contributed by atoms with E-state index < -0.39 is 0 Å². The number of piperazine rings is 1. The zero-order valence-corrected chi connectivity index (χ0v) is 17.6. The number of nitrogens with zero attached hydrogens (tertiary/aromatic N) is 3. The summed E-state index contributed by atoms with van der Waals surface area (Å²) in [6.45, 7) is 8.23. The smallest absolute Gasteiger partial charge is 0.246 e. The highest BCUT2D eigenvalue weighted by molar-refractivity contribution is 6.31. The molecule has 1 unspecified atom stereocenters. The number of rotatable bonds is 4. The van der Waals surface area contributed by atoms with Gasteiger partial charge in [-0.15, -0.1) is 0 Å². The van der Waals surface area contributed by atoms with E-state index in [-0.39, 0.29) is 11.8 Å². The predicted octanol–water partition coefficient (Wildman–Crippen LogP) is 3.21. The van der Waals surface area contributed by atoms with E-state index >= 15 is 0 Å². The van der Waals surface area contributed by atoms with Crippen LogP contribution in [-0.2, 0) is 9.59 Å². The number of piperidine rings is 1. The van der Waals surface area contributed by atoms with Crippen molar-refractivity contribution < 1.29 is 9.59 Å². The lowest BCUT2D eigenvalue weighted by Gasteiger charge is -2.37. The van der Waals surface area contributed by atoms with Gasteiger partial charge >= 0.3 is 0 Å². The van der Waals surface area contributed by atoms with Crippen molar-refractivity contribution in [2.75, 3.05) is 39.3 Å². The van der Waals surface area contributed by atoms with Crippen molar-refractivity contribution in [1.82, 2.24) is 14.7 Å². The van der Waals surface area contributed by atoms with Crippen molar-refractivity contribution in [3.8, 4) is 0 Å². The highest BCUT2D eigenvalue weighted by Gasteiger charge is 2.26. The van der Waals surface area contributed by atoms with Gasteiger partial charge in [0, 0.05) is 49.9 Å². The van der Waals surface area contributed by atoms with Gasteiger partial charge in [-0.2, -0.15) is 0 Å². The summed E-state index contributed by atoms with van der Waals surface area (Å²) in [7, 11) is 0. The minimum Gasteiger partial charge on any atom is -0.339 e. The summed E-state index contributed by atoms with van der Waals surface area (Å²) in [6.07, 6.45) is 6.84. The summed E-state index contributed by atoms with van der Waals surface area (Å²) in [5.74, 6) is 0.232. The molecule has 2 amide bonds. The second-order valence-corrected chi connectivity index (χ2v) is 8.28. The van der Waals surface area contributed by atoms with Crippen LogP contribution in [0.2, 0.25) is 5.02 Å². The molecule has 1 aromatic carbocycles. The molecule has 3 rings (SSSR count). The summed E-state index contributed by atoms with van der Waals surface area (Å²) in [5, 5.41) is 0.705. The van der Waals surface area contributed by atoms with E-state index in [1.165, 1.54) is 6.42 Å². The molecule has 0 aromatic heterocycles. The third kappa shape index (κ3) is 5.36. The zero-order valence-electron chi connectivity index (χ0n) is 16.9. The van der Waals surface area contributed by atoms with Gasteiger partial charge in [-0.3, -0.25) is 14.5 Å². The second kappa shape index (κ2) is 9.57. The van der Waals surface area contributed by atoms with Crippen molar-refractivity contribution >= 4 is 29.5 Å². The van der Waals surface area contributed by atoms with Crippen molar-refractivity contribution in [3.05, 3.63) is 40.4 Å². The molecule has 0 radical (unpaired) electrons. The molecule has 0 N–H and O–H groups in total. The summed E-state index contributed by atoms with van der Waals surface area (Å²) >= 11 is 6.13. The Morgan fingerprint density at radius 1 is 1.14 bits per heavy atom. The number of amides is 2. The fraction of sp³-hybridized carbons (Fsp3) is 0.545. The maximum atomic E-state index is 12.6. The Hall–Kier alpha value is -1.85. The highest BCUT2D eigenvalue weighted by Crippen LogP contribution is 2.18. The van der Waals surface area contributed by atoms with E-state index in [0.29, 0.717) is 30.7 Å². The average molecular weight is 404 g/mol. The number of benzene rings is 1. The molecule has 6 heteroatoms. The molecule has 2 aliphatic rings. The molecule has 152 valence electrons. The topological polar surface area (TPSA) is 43.9 Å². The number of hydrogen-bond acceptors (Lipinski definition) is 3. The first-order valence-corrected chi connectivity index (χ1v) is 10.6. The molecule has 0 saturated carbocycles. The lowest BCUT2D eigenvalue weighted by molar-refractivity contribution is -0.136. The third-order valence-corrected chi connectivity index (χ3v) is 6.19. The maximum Gasteiger partial charge on any atom is 0.246 e. The quantitative estimate of drug-likeness (QED) is 0.725. The van der Waals surface area contributed by atoms with E-state index in [9.17, 15) is 9.59 Å². The summed E-state index contributed by atoms with van der Waals surface area (Å²) in [4.78, 5) is 31.1. The fourth-order valence-electron chi connectivity index (χ4n) is 3.86. The summed E-state index contributed by atoms with van der Waals surface area (Å²) < 4.78 is 0. The SMILES string of the molecule is Cc1ccc(/C=C/C(=O)N2CCN(CC(=O)N3CCCCC3C)CC2)cc1Cl. The lowest BCUT2D eigenvalue weighted by atomic mass is 10.0. The largest absolute Gasteiger partial charge is 0.339 e. The van der Waals surface area contributed by atoms with Gasteiger partial charge in [-0.25, -0.2) is 0 Å². The number of likely N-dealkylation sites (tertiary alicyclic amines) is 1. The van der Waals surface area contributed by atoms with Gasteiger partial charge in [0.15, 0.2) is 0 Å². The third-order valence-electron chi connectivity index (χ3n) is 5.78. The van der Waals surface area contributed by atoms with Crippen LogP contribution in [0.4, 0.5) is 0 Å². The summed E-state index contributed by atoms with van der Waals surface area (Å²) in [6, 6.07) is 6.12. The van der Waals surface area contributed by atoms with Gasteiger partial charge in [0.1, 0.15) is 0 Å². The van der Waals surface area contributed by atoms with Crippen LogP contribution in [0.15, 0.2) is 24.3 Å². The molecule has 1 atom stereocenters. The van der Waals surface area contributed by atoms with E-state index in [2.05, 4.69) is 11.8 Å². The van der Waals surface area contributed by atoms with E-state index in [0.717, 1.165) is 43.6 Å². The van der Waals surface area contributed by atoms with Crippen molar-refractivity contribution in [2.45, 2.75) is 39.2 Å². The summed E-state index contributed by atoms with van der Waals surface area (Å²) in [5.41, 5.74) is 1.94. The molecule has 0 spiro atoms. The number of halogens is 1. The van der Waals surface area contributed by atoms with Crippen LogP contribution in [0.1, 0.15) is 37.3 Å². The van der Waals surface area contributed by atoms with E-state index in [1.807, 2.05) is 34.9 Å². The Labute approximate surface area is 172 Å². The van der Waals surface area contributed by atoms with Crippen molar-refractivity contribution in [2.24, 2.45) is 0 Å². The van der Waals surface area contributed by atoms with Crippen LogP contribution in [0, 0.1) is 6.92 Å². The number of carbonyl (C=O) groups excluding carboxylic acids is 2. The minimum atomic E-state index is 0.00678. The molecule has 0 aliphatic carbocycles. The van der Waals surface area contributed by atoms with Crippen LogP contribution in [0.25, 0.3) is 6.08 Å². The van der Waals surface area contributed by atoms with E-state index in [1.54, 1.807) is 12.2 Å². The molecule has 0 bridgehead atoms. The first kappa shape index (κ1) is 20.9. The van der Waals surface area contributed by atoms with Crippen LogP contribution >= 0.6 is 11.6 Å². The van der Waals surface area contributed by atoms with Gasteiger partial charge < -0.3 is 9.80 Å². The molecule has 2 heterocycles. The molecule has 5 nitrogen and oxygen atoms in total. The van der Waals surface area contributed by atoms with Crippen LogP contribution in [-0.4, -0.2) is 71.8 Å². The number of carbonyl (C=O) groups is 2. The maximum absolute atomic E-state index is 12.6. The Morgan fingerprint density at radius 3 is 2.57 bits per heavy atom. The van der Waals surface area contributed by atoms with Gasteiger partial charge in [-0.1, -0.05) is 23.7 Å². The molecule has 2 fully saturated rings. The Morgan fingerprint density at radius 2 is 1.89 bits per heavy atom. The van der Waals surface area contributed by atoms with Gasteiger partial charge in [0.2, 0.25) is 11.8 Å². The zero-order chi connectivity index (χ0) is 20.1. The predicted molar refractivity (Wildman–Crippen MR) is 113 cm³/mol. The molecular formula is C22H30ClN3O2. The Kier molecular flexibility index (Phi) is 7.13. The van der Waals surface area contributed by atoms with Gasteiger partial charge in [0.25, 0.3) is 0 Å². The highest BCUT2D eigenvalue weighted by atomic mass is 35.5. The first-order chi connectivity index (χ1) is 13.4. The van der Waals surface area contributed by atoms with Crippen LogP contribution in [0.3, 0.4) is 0 Å². The van der Waals surface area contributed by atoms with Gasteiger partial charge in [-0.05, 0) is 56.4 Å². The second-order valence-electron chi connectivity index (χ2n) is 7.88. The standard InChI is InChI=1S/C22H30ClN3O2/c1-17-6-7-19(15-20(17)23)8-9-21(27)25-13-11-24(12-14-25)16-22(28)26-10-4-3-5-18(26)2/h6-9,15,18H,3-5,10-14,16H2,1-2H3/b9-8+. The molecule has 2 aliphatic heterocycles.